The summed E-state index contributed by atoms with van der Waals surface area (Å²) >= 11 is 0. The molecule has 1 saturated heterocycles. The zero-order valence-corrected chi connectivity index (χ0v) is 15.6. The fourth-order valence-corrected chi connectivity index (χ4v) is 3.97. The maximum atomic E-state index is 12.5. The van der Waals surface area contributed by atoms with Gasteiger partial charge in [-0.2, -0.15) is 0 Å². The average molecular weight is 379 g/mol. The molecule has 3 atom stereocenters. The molecule has 0 radical (unpaired) electrons. The molecule has 1 aromatic rings. The van der Waals surface area contributed by atoms with Crippen molar-refractivity contribution in [2.24, 2.45) is 5.92 Å². The largest absolute Gasteiger partial charge is 0.335 e. The minimum absolute atomic E-state index is 0. The first-order valence-electron chi connectivity index (χ1n) is 9.42. The lowest BCUT2D eigenvalue weighted by Crippen LogP contribution is -2.39. The molecule has 26 heavy (non-hydrogen) atoms. The summed E-state index contributed by atoms with van der Waals surface area (Å²) in [6.45, 7) is 0. The van der Waals surface area contributed by atoms with Crippen LogP contribution in [-0.2, 0) is 4.79 Å². The Labute approximate surface area is 160 Å². The molecule has 4 N–H and O–H groups in total. The number of carbonyl (C=O) groups is 2. The fourth-order valence-electron chi connectivity index (χ4n) is 3.97. The maximum Gasteiger partial charge on any atom is 0.319 e. The van der Waals surface area contributed by atoms with E-state index in [1.807, 2.05) is 24.3 Å². The third-order valence-corrected chi connectivity index (χ3v) is 5.50. The molecule has 1 heterocycles. The molecule has 3 fully saturated rings. The number of anilines is 2. The Bertz CT molecular complexity index is 633. The number of hydrogen-bond acceptors (Lipinski definition) is 3. The number of hydrogen-bond donors (Lipinski definition) is 4. The van der Waals surface area contributed by atoms with Gasteiger partial charge >= 0.3 is 6.03 Å². The Morgan fingerprint density at radius 3 is 2.23 bits per heavy atom. The second kappa shape index (κ2) is 8.27. The summed E-state index contributed by atoms with van der Waals surface area (Å²) < 4.78 is 0. The molecule has 0 spiro atoms. The van der Waals surface area contributed by atoms with Crippen molar-refractivity contribution in [3.05, 3.63) is 24.3 Å². The van der Waals surface area contributed by atoms with Crippen molar-refractivity contribution in [3.63, 3.8) is 0 Å². The van der Waals surface area contributed by atoms with Gasteiger partial charge in [-0.05, 0) is 62.3 Å². The van der Waals surface area contributed by atoms with E-state index in [1.54, 1.807) is 0 Å². The van der Waals surface area contributed by atoms with Gasteiger partial charge in [-0.3, -0.25) is 4.79 Å². The van der Waals surface area contributed by atoms with E-state index < -0.39 is 0 Å². The summed E-state index contributed by atoms with van der Waals surface area (Å²) in [4.78, 5) is 24.2. The van der Waals surface area contributed by atoms with Crippen LogP contribution in [0.2, 0.25) is 0 Å². The van der Waals surface area contributed by atoms with Crippen molar-refractivity contribution in [2.45, 2.75) is 63.1 Å². The van der Waals surface area contributed by atoms with Crippen LogP contribution in [0.1, 0.15) is 44.9 Å². The highest BCUT2D eigenvalue weighted by molar-refractivity contribution is 5.95. The Kier molecular flexibility index (Phi) is 6.04. The molecule has 2 aliphatic carbocycles. The minimum Gasteiger partial charge on any atom is -0.335 e. The standard InChI is InChI=1S/C19H26N4O2.ClH/c24-18(17-11-12-3-1-2-4-16(12)23-17)20-13-5-7-14(8-6-13)21-19(25)22-15-9-10-15;/h5-8,12,15-17,23H,1-4,9-11H2,(H,20,24)(H2,21,22,25);1H. The first kappa shape index (κ1) is 19.0. The van der Waals surface area contributed by atoms with E-state index in [9.17, 15) is 9.59 Å². The molecule has 2 saturated carbocycles. The molecule has 1 aliphatic heterocycles. The van der Waals surface area contributed by atoms with Gasteiger partial charge in [0.25, 0.3) is 0 Å². The van der Waals surface area contributed by atoms with Crippen LogP contribution in [0.25, 0.3) is 0 Å². The molecule has 0 bridgehead atoms. The number of fused-ring (bicyclic) bond motifs is 1. The number of rotatable bonds is 4. The second-order valence-corrected chi connectivity index (χ2v) is 7.55. The molecular weight excluding hydrogens is 352 g/mol. The Hall–Kier alpha value is -1.79. The monoisotopic (exact) mass is 378 g/mol. The Balaban J connectivity index is 0.00000196. The van der Waals surface area contributed by atoms with Crippen molar-refractivity contribution >= 4 is 35.7 Å². The van der Waals surface area contributed by atoms with E-state index >= 15 is 0 Å². The molecule has 3 amide bonds. The van der Waals surface area contributed by atoms with Crippen LogP contribution in [0.15, 0.2) is 24.3 Å². The van der Waals surface area contributed by atoms with E-state index in [4.69, 9.17) is 0 Å². The molecule has 1 aromatic carbocycles. The van der Waals surface area contributed by atoms with Crippen molar-refractivity contribution in [3.8, 4) is 0 Å². The molecule has 142 valence electrons. The van der Waals surface area contributed by atoms with Gasteiger partial charge < -0.3 is 21.3 Å². The summed E-state index contributed by atoms with van der Waals surface area (Å²) in [5.41, 5.74) is 1.48. The minimum atomic E-state index is -0.169. The van der Waals surface area contributed by atoms with Crippen molar-refractivity contribution < 1.29 is 9.59 Å². The summed E-state index contributed by atoms with van der Waals surface area (Å²) in [6, 6.07) is 7.86. The SMILES string of the molecule is Cl.O=C(Nc1ccc(NC(=O)C2CC3CCCCC3N2)cc1)NC1CC1. The zero-order valence-electron chi connectivity index (χ0n) is 14.8. The number of urea groups is 1. The lowest BCUT2D eigenvalue weighted by atomic mass is 9.85. The summed E-state index contributed by atoms with van der Waals surface area (Å²) in [5, 5.41) is 12.2. The van der Waals surface area contributed by atoms with E-state index in [0.29, 0.717) is 18.0 Å². The lowest BCUT2D eigenvalue weighted by molar-refractivity contribution is -0.117. The Morgan fingerprint density at radius 1 is 0.923 bits per heavy atom. The number of benzene rings is 1. The highest BCUT2D eigenvalue weighted by Crippen LogP contribution is 2.33. The zero-order chi connectivity index (χ0) is 17.2. The van der Waals surface area contributed by atoms with E-state index in [-0.39, 0.29) is 30.4 Å². The maximum absolute atomic E-state index is 12.5. The number of amides is 3. The fraction of sp³-hybridized carbons (Fsp3) is 0.579. The van der Waals surface area contributed by atoms with Gasteiger partial charge in [-0.15, -0.1) is 12.4 Å². The first-order valence-corrected chi connectivity index (χ1v) is 9.42. The van der Waals surface area contributed by atoms with Gasteiger partial charge in [-0.1, -0.05) is 12.8 Å². The molecule has 0 aromatic heterocycles. The smallest absolute Gasteiger partial charge is 0.319 e. The van der Waals surface area contributed by atoms with Crippen LogP contribution in [0.4, 0.5) is 16.2 Å². The van der Waals surface area contributed by atoms with E-state index in [1.165, 1.54) is 25.7 Å². The van der Waals surface area contributed by atoms with Gasteiger partial charge in [0.2, 0.25) is 5.91 Å². The quantitative estimate of drug-likeness (QED) is 0.649. The molecule has 4 rings (SSSR count). The summed E-state index contributed by atoms with van der Waals surface area (Å²) in [6.07, 6.45) is 8.07. The predicted molar refractivity (Wildman–Crippen MR) is 105 cm³/mol. The van der Waals surface area contributed by atoms with Crippen LogP contribution in [0, 0.1) is 5.92 Å². The Morgan fingerprint density at radius 2 is 1.58 bits per heavy atom. The van der Waals surface area contributed by atoms with Gasteiger partial charge in [0.15, 0.2) is 0 Å². The summed E-state index contributed by atoms with van der Waals surface area (Å²) in [5.74, 6) is 0.697. The number of nitrogens with one attached hydrogen (secondary N) is 4. The van der Waals surface area contributed by atoms with Crippen molar-refractivity contribution in [1.82, 2.24) is 10.6 Å². The van der Waals surface area contributed by atoms with Gasteiger partial charge in [0, 0.05) is 23.5 Å². The van der Waals surface area contributed by atoms with Gasteiger partial charge in [0.05, 0.1) is 6.04 Å². The molecular formula is C19H27ClN4O2. The highest BCUT2D eigenvalue weighted by Gasteiger charge is 2.38. The third kappa shape index (κ3) is 4.68. The number of carbonyl (C=O) groups excluding carboxylic acids is 2. The molecule has 7 heteroatoms. The van der Waals surface area contributed by atoms with Crippen molar-refractivity contribution in [1.29, 1.82) is 0 Å². The van der Waals surface area contributed by atoms with Crippen LogP contribution < -0.4 is 21.3 Å². The van der Waals surface area contributed by atoms with Crippen molar-refractivity contribution in [2.75, 3.05) is 10.6 Å². The molecule has 3 unspecified atom stereocenters. The topological polar surface area (TPSA) is 82.3 Å². The van der Waals surface area contributed by atoms with Gasteiger partial charge in [-0.25, -0.2) is 4.79 Å². The lowest BCUT2D eigenvalue weighted by Gasteiger charge is -2.24. The molecule has 3 aliphatic rings. The normalized spacial score (nSPS) is 27.0. The van der Waals surface area contributed by atoms with Crippen LogP contribution in [-0.4, -0.2) is 30.1 Å². The predicted octanol–water partition coefficient (Wildman–Crippen LogP) is 3.25. The van der Waals surface area contributed by atoms with E-state index in [2.05, 4.69) is 21.3 Å². The van der Waals surface area contributed by atoms with E-state index in [0.717, 1.165) is 30.6 Å². The van der Waals surface area contributed by atoms with Crippen LogP contribution in [0.3, 0.4) is 0 Å². The average Bonchev–Trinajstić information content (AvgIpc) is 3.30. The van der Waals surface area contributed by atoms with Crippen LogP contribution >= 0.6 is 12.4 Å². The second-order valence-electron chi connectivity index (χ2n) is 7.55. The molecule has 6 nitrogen and oxygen atoms in total. The third-order valence-electron chi connectivity index (χ3n) is 5.50. The first-order chi connectivity index (χ1) is 12.2. The van der Waals surface area contributed by atoms with Crippen LogP contribution in [0.5, 0.6) is 0 Å². The van der Waals surface area contributed by atoms with Gasteiger partial charge in [0.1, 0.15) is 0 Å². The summed E-state index contributed by atoms with van der Waals surface area (Å²) in [7, 11) is 0. The number of halogens is 1. The highest BCUT2D eigenvalue weighted by atomic mass is 35.5.